The van der Waals surface area contributed by atoms with E-state index in [2.05, 4.69) is 15.8 Å². The fourth-order valence-corrected chi connectivity index (χ4v) is 0.652. The van der Waals surface area contributed by atoms with Crippen molar-refractivity contribution in [2.45, 2.75) is 0 Å². The van der Waals surface area contributed by atoms with Gasteiger partial charge in [-0.3, -0.25) is 10.2 Å². The minimum Gasteiger partial charge on any atom is -0.357 e. The maximum absolute atomic E-state index is 10.9. The van der Waals surface area contributed by atoms with Crippen molar-refractivity contribution >= 4 is 5.91 Å². The second kappa shape index (κ2) is 3.03. The molecule has 4 heteroatoms. The van der Waals surface area contributed by atoms with Crippen LogP contribution >= 0.6 is 0 Å². The van der Waals surface area contributed by atoms with Crippen molar-refractivity contribution < 1.29 is 4.79 Å². The first-order valence-electron chi connectivity index (χ1n) is 2.95. The minimum atomic E-state index is -0.160. The Hall–Kier alpha value is -1.29. The molecule has 0 saturated carbocycles. The highest BCUT2D eigenvalue weighted by molar-refractivity contribution is 5.91. The van der Waals surface area contributed by atoms with E-state index < -0.39 is 0 Å². The first-order chi connectivity index (χ1) is 4.84. The lowest BCUT2D eigenvalue weighted by Crippen LogP contribution is -2.34. The van der Waals surface area contributed by atoms with Crippen molar-refractivity contribution in [3.8, 4) is 0 Å². The Morgan fingerprint density at radius 1 is 1.70 bits per heavy atom. The molecule has 0 unspecified atom stereocenters. The molecule has 0 fully saturated rings. The van der Waals surface area contributed by atoms with E-state index in [0.29, 0.717) is 5.69 Å². The Labute approximate surface area is 58.6 Å². The first-order valence-corrected chi connectivity index (χ1v) is 2.95. The number of amides is 1. The molecule has 1 heterocycles. The number of carbonyl (C=O) groups excluding carboxylic acids is 1. The molecule has 1 aromatic rings. The Kier molecular flexibility index (Phi) is 2.07. The van der Waals surface area contributed by atoms with Crippen LogP contribution < -0.4 is 10.9 Å². The van der Waals surface area contributed by atoms with Crippen LogP contribution in [0.3, 0.4) is 0 Å². The van der Waals surface area contributed by atoms with Crippen molar-refractivity contribution in [2.75, 3.05) is 7.05 Å². The van der Waals surface area contributed by atoms with Crippen LogP contribution in [0.15, 0.2) is 18.3 Å². The third-order valence-electron chi connectivity index (χ3n) is 1.08. The second-order valence-electron chi connectivity index (χ2n) is 1.79. The van der Waals surface area contributed by atoms with Crippen molar-refractivity contribution in [1.29, 1.82) is 0 Å². The zero-order valence-corrected chi connectivity index (χ0v) is 5.64. The third-order valence-corrected chi connectivity index (χ3v) is 1.08. The molecule has 4 nitrogen and oxygen atoms in total. The van der Waals surface area contributed by atoms with E-state index >= 15 is 0 Å². The van der Waals surface area contributed by atoms with E-state index in [1.54, 1.807) is 25.4 Å². The molecular formula is C6H9N3O. The molecule has 0 bridgehead atoms. The van der Waals surface area contributed by atoms with Gasteiger partial charge in [0.15, 0.2) is 0 Å². The fraction of sp³-hybridized carbons (Fsp3) is 0.167. The maximum atomic E-state index is 10.9. The topological polar surface area (TPSA) is 56.9 Å². The Balaban J connectivity index is 2.59. The van der Waals surface area contributed by atoms with Gasteiger partial charge in [-0.2, -0.15) is 0 Å². The standard InChI is InChI=1S/C6H9N3O/c1-7-9-6(10)5-3-2-4-8-5/h2-4,7-8H,1H3,(H,9,10). The molecule has 1 rings (SSSR count). The summed E-state index contributed by atoms with van der Waals surface area (Å²) >= 11 is 0. The predicted molar refractivity (Wildman–Crippen MR) is 37.3 cm³/mol. The molecule has 0 aliphatic rings. The minimum absolute atomic E-state index is 0.160. The lowest BCUT2D eigenvalue weighted by molar-refractivity contribution is 0.0933. The van der Waals surface area contributed by atoms with Crippen molar-refractivity contribution in [3.05, 3.63) is 24.0 Å². The first kappa shape index (κ1) is 6.82. The summed E-state index contributed by atoms with van der Waals surface area (Å²) in [7, 11) is 1.64. The van der Waals surface area contributed by atoms with Gasteiger partial charge in [-0.1, -0.05) is 0 Å². The van der Waals surface area contributed by atoms with E-state index in [1.807, 2.05) is 0 Å². The van der Waals surface area contributed by atoms with Crippen LogP contribution in [0.5, 0.6) is 0 Å². The predicted octanol–water partition coefficient (Wildman–Crippen LogP) is -0.121. The number of aromatic amines is 1. The largest absolute Gasteiger partial charge is 0.357 e. The summed E-state index contributed by atoms with van der Waals surface area (Å²) in [5.74, 6) is -0.160. The molecular weight excluding hydrogens is 130 g/mol. The van der Waals surface area contributed by atoms with Gasteiger partial charge in [0.2, 0.25) is 0 Å². The van der Waals surface area contributed by atoms with Crippen molar-refractivity contribution in [2.24, 2.45) is 0 Å². The molecule has 0 aliphatic heterocycles. The molecule has 0 aliphatic carbocycles. The highest BCUT2D eigenvalue weighted by Crippen LogP contribution is 1.91. The van der Waals surface area contributed by atoms with Gasteiger partial charge in [0, 0.05) is 13.2 Å². The number of aromatic nitrogens is 1. The highest BCUT2D eigenvalue weighted by atomic mass is 16.2. The molecule has 0 saturated heterocycles. The number of hydrogen-bond acceptors (Lipinski definition) is 2. The zero-order valence-electron chi connectivity index (χ0n) is 5.64. The van der Waals surface area contributed by atoms with Crippen LogP contribution in [0.25, 0.3) is 0 Å². The van der Waals surface area contributed by atoms with E-state index in [9.17, 15) is 4.79 Å². The summed E-state index contributed by atoms with van der Waals surface area (Å²) in [5, 5.41) is 0. The van der Waals surface area contributed by atoms with Crippen LogP contribution in [0.4, 0.5) is 0 Å². The van der Waals surface area contributed by atoms with Gasteiger partial charge in [-0.15, -0.1) is 0 Å². The number of nitrogens with one attached hydrogen (secondary N) is 3. The second-order valence-corrected chi connectivity index (χ2v) is 1.79. The quantitative estimate of drug-likeness (QED) is 0.500. The lowest BCUT2D eigenvalue weighted by atomic mass is 10.4. The smallest absolute Gasteiger partial charge is 0.281 e. The average Bonchev–Trinajstić information content (AvgIpc) is 2.38. The summed E-state index contributed by atoms with van der Waals surface area (Å²) in [5.41, 5.74) is 5.51. The van der Waals surface area contributed by atoms with Gasteiger partial charge >= 0.3 is 0 Å². The number of carbonyl (C=O) groups is 1. The summed E-state index contributed by atoms with van der Waals surface area (Å²) in [6.45, 7) is 0. The van der Waals surface area contributed by atoms with E-state index in [-0.39, 0.29) is 5.91 Å². The fourth-order valence-electron chi connectivity index (χ4n) is 0.652. The molecule has 10 heavy (non-hydrogen) atoms. The van der Waals surface area contributed by atoms with Gasteiger partial charge in [0.1, 0.15) is 5.69 Å². The van der Waals surface area contributed by atoms with E-state index in [1.165, 1.54) is 0 Å². The summed E-state index contributed by atoms with van der Waals surface area (Å²) in [6.07, 6.45) is 1.70. The number of hydrogen-bond donors (Lipinski definition) is 3. The lowest BCUT2D eigenvalue weighted by Gasteiger charge is -1.98. The molecule has 0 atom stereocenters. The molecule has 54 valence electrons. The third kappa shape index (κ3) is 1.35. The molecule has 0 spiro atoms. The van der Waals surface area contributed by atoms with Gasteiger partial charge in [0.25, 0.3) is 5.91 Å². The summed E-state index contributed by atoms with van der Waals surface area (Å²) in [4.78, 5) is 13.7. The van der Waals surface area contributed by atoms with Gasteiger partial charge in [-0.05, 0) is 12.1 Å². The Morgan fingerprint density at radius 3 is 3.00 bits per heavy atom. The monoisotopic (exact) mass is 139 g/mol. The maximum Gasteiger partial charge on any atom is 0.281 e. The number of H-pyrrole nitrogens is 1. The number of rotatable bonds is 2. The molecule has 0 radical (unpaired) electrons. The van der Waals surface area contributed by atoms with Crippen molar-refractivity contribution in [3.63, 3.8) is 0 Å². The van der Waals surface area contributed by atoms with E-state index in [4.69, 9.17) is 0 Å². The summed E-state index contributed by atoms with van der Waals surface area (Å²) in [6, 6.07) is 3.47. The van der Waals surface area contributed by atoms with Crippen LogP contribution in [0.2, 0.25) is 0 Å². The van der Waals surface area contributed by atoms with Crippen LogP contribution in [0.1, 0.15) is 10.5 Å². The SMILES string of the molecule is CNNC(=O)c1ccc[nH]1. The van der Waals surface area contributed by atoms with Gasteiger partial charge < -0.3 is 4.98 Å². The molecule has 1 aromatic heterocycles. The number of hydrazine groups is 1. The van der Waals surface area contributed by atoms with Crippen molar-refractivity contribution in [1.82, 2.24) is 15.8 Å². The van der Waals surface area contributed by atoms with Crippen LogP contribution in [-0.4, -0.2) is 17.9 Å². The van der Waals surface area contributed by atoms with Crippen LogP contribution in [-0.2, 0) is 0 Å². The molecule has 3 N–H and O–H groups in total. The summed E-state index contributed by atoms with van der Waals surface area (Å²) < 4.78 is 0. The molecule has 1 amide bonds. The molecule has 0 aromatic carbocycles. The zero-order chi connectivity index (χ0) is 7.40. The Morgan fingerprint density at radius 2 is 2.50 bits per heavy atom. The Bertz CT molecular complexity index is 205. The van der Waals surface area contributed by atoms with Crippen LogP contribution in [0, 0.1) is 0 Å². The van der Waals surface area contributed by atoms with Gasteiger partial charge in [0.05, 0.1) is 0 Å². The normalized spacial score (nSPS) is 9.30. The highest BCUT2D eigenvalue weighted by Gasteiger charge is 2.01. The van der Waals surface area contributed by atoms with E-state index in [0.717, 1.165) is 0 Å². The average molecular weight is 139 g/mol. The van der Waals surface area contributed by atoms with Gasteiger partial charge in [-0.25, -0.2) is 5.43 Å².